The number of rotatable bonds is 17. The summed E-state index contributed by atoms with van der Waals surface area (Å²) in [5, 5.41) is 28.3. The summed E-state index contributed by atoms with van der Waals surface area (Å²) in [6, 6.07) is 9.21. The predicted molar refractivity (Wildman–Crippen MR) is 170 cm³/mol. The molecule has 0 spiro atoms. The molecular weight excluding hydrogens is 592 g/mol. The Kier molecular flexibility index (Phi) is 11.9. The molecule has 244 valence electrons. The Morgan fingerprint density at radius 3 is 2.17 bits per heavy atom. The van der Waals surface area contributed by atoms with Crippen molar-refractivity contribution in [1.29, 1.82) is 0 Å². The lowest BCUT2D eigenvalue weighted by molar-refractivity contribution is -0.142. The minimum absolute atomic E-state index is 0.0207. The molecule has 4 unspecified atom stereocenters. The molecule has 0 fully saturated rings. The molecular formula is C32H40N8O6. The molecule has 14 heteroatoms. The SMILES string of the molecule is NCCCCC(NC(=O)C(Cc1cnc[nH]1)NC(=O)C(Cc1ccc(O)cc1)NC(=O)C(N)Cc1c[nH]c2ccccc12)C(=O)O. The quantitative estimate of drug-likeness (QED) is 0.0740. The number of carbonyl (C=O) groups excluding carboxylic acids is 3. The molecule has 0 saturated carbocycles. The number of benzene rings is 2. The van der Waals surface area contributed by atoms with Crippen LogP contribution in [0.5, 0.6) is 5.75 Å². The van der Waals surface area contributed by atoms with Crippen LogP contribution >= 0.6 is 0 Å². The van der Waals surface area contributed by atoms with Crippen molar-refractivity contribution in [1.82, 2.24) is 30.9 Å². The molecule has 0 bridgehead atoms. The number of hydrogen-bond donors (Lipinski definition) is 9. The van der Waals surface area contributed by atoms with Gasteiger partial charge in [0.05, 0.1) is 12.4 Å². The number of para-hydroxylation sites is 1. The van der Waals surface area contributed by atoms with E-state index in [-0.39, 0.29) is 31.4 Å². The number of phenols is 1. The van der Waals surface area contributed by atoms with Crippen LogP contribution in [0.25, 0.3) is 10.9 Å². The van der Waals surface area contributed by atoms with Gasteiger partial charge in [0, 0.05) is 41.8 Å². The zero-order chi connectivity index (χ0) is 33.1. The number of carboxylic acid groups (broad SMARTS) is 1. The largest absolute Gasteiger partial charge is 0.508 e. The van der Waals surface area contributed by atoms with E-state index in [1.165, 1.54) is 24.7 Å². The maximum absolute atomic E-state index is 13.8. The van der Waals surface area contributed by atoms with Gasteiger partial charge < -0.3 is 47.6 Å². The van der Waals surface area contributed by atoms with E-state index in [4.69, 9.17) is 11.5 Å². The lowest BCUT2D eigenvalue weighted by Gasteiger charge is -2.25. The summed E-state index contributed by atoms with van der Waals surface area (Å²) < 4.78 is 0. The molecule has 11 N–H and O–H groups in total. The van der Waals surface area contributed by atoms with Gasteiger partial charge in [0.2, 0.25) is 17.7 Å². The summed E-state index contributed by atoms with van der Waals surface area (Å²) in [5.41, 5.74) is 14.7. The molecule has 3 amide bonds. The molecule has 0 radical (unpaired) electrons. The maximum atomic E-state index is 13.8. The first-order valence-electron chi connectivity index (χ1n) is 15.0. The van der Waals surface area contributed by atoms with Crippen LogP contribution in [0.1, 0.15) is 36.1 Å². The van der Waals surface area contributed by atoms with Gasteiger partial charge in [-0.3, -0.25) is 14.4 Å². The number of H-pyrrole nitrogens is 2. The van der Waals surface area contributed by atoms with Gasteiger partial charge in [0.15, 0.2) is 0 Å². The summed E-state index contributed by atoms with van der Waals surface area (Å²) in [6.07, 6.45) is 6.15. The number of nitrogens with zero attached hydrogens (tertiary/aromatic N) is 1. The minimum atomic E-state index is -1.21. The average molecular weight is 633 g/mol. The number of fused-ring (bicyclic) bond motifs is 1. The fourth-order valence-corrected chi connectivity index (χ4v) is 5.11. The maximum Gasteiger partial charge on any atom is 0.326 e. The first-order valence-corrected chi connectivity index (χ1v) is 15.0. The number of amides is 3. The van der Waals surface area contributed by atoms with E-state index in [1.54, 1.807) is 18.3 Å². The molecule has 4 aromatic rings. The van der Waals surface area contributed by atoms with Crippen molar-refractivity contribution in [3.05, 3.63) is 84.1 Å². The molecule has 14 nitrogen and oxygen atoms in total. The molecule has 0 aliphatic carbocycles. The van der Waals surface area contributed by atoms with Gasteiger partial charge in [-0.05, 0) is 61.6 Å². The number of aromatic nitrogens is 3. The second-order valence-corrected chi connectivity index (χ2v) is 11.1. The van der Waals surface area contributed by atoms with Crippen molar-refractivity contribution in [2.24, 2.45) is 11.5 Å². The van der Waals surface area contributed by atoms with E-state index < -0.39 is 47.9 Å². The number of aliphatic carboxylic acids is 1. The highest BCUT2D eigenvalue weighted by Crippen LogP contribution is 2.19. The van der Waals surface area contributed by atoms with Crippen molar-refractivity contribution < 1.29 is 29.4 Å². The summed E-state index contributed by atoms with van der Waals surface area (Å²) in [7, 11) is 0. The second kappa shape index (κ2) is 16.2. The topological polar surface area (TPSA) is 241 Å². The van der Waals surface area contributed by atoms with Crippen LogP contribution in [0.2, 0.25) is 0 Å². The van der Waals surface area contributed by atoms with Crippen LogP contribution < -0.4 is 27.4 Å². The Bertz CT molecular complexity index is 1600. The lowest BCUT2D eigenvalue weighted by Crippen LogP contribution is -2.58. The number of phenolic OH excluding ortho intramolecular Hbond substituents is 1. The number of imidazole rings is 1. The van der Waals surface area contributed by atoms with E-state index in [0.29, 0.717) is 30.6 Å². The van der Waals surface area contributed by atoms with Crippen LogP contribution in [-0.4, -0.2) is 79.6 Å². The Morgan fingerprint density at radius 2 is 1.50 bits per heavy atom. The number of nitrogens with two attached hydrogens (primary N) is 2. The number of carbonyl (C=O) groups is 4. The van der Waals surface area contributed by atoms with E-state index in [1.807, 2.05) is 24.3 Å². The molecule has 2 heterocycles. The second-order valence-electron chi connectivity index (χ2n) is 11.1. The van der Waals surface area contributed by atoms with E-state index in [0.717, 1.165) is 16.5 Å². The number of nitrogens with one attached hydrogen (secondary N) is 5. The van der Waals surface area contributed by atoms with Crippen molar-refractivity contribution in [2.75, 3.05) is 6.54 Å². The number of unbranched alkanes of at least 4 members (excludes halogenated alkanes) is 1. The molecule has 2 aromatic carbocycles. The predicted octanol–water partition coefficient (Wildman–Crippen LogP) is 0.620. The molecule has 4 atom stereocenters. The van der Waals surface area contributed by atoms with E-state index in [9.17, 15) is 29.4 Å². The van der Waals surface area contributed by atoms with Gasteiger partial charge in [-0.2, -0.15) is 0 Å². The van der Waals surface area contributed by atoms with Crippen LogP contribution in [0, 0.1) is 0 Å². The highest BCUT2D eigenvalue weighted by Gasteiger charge is 2.31. The molecule has 2 aromatic heterocycles. The fourth-order valence-electron chi connectivity index (χ4n) is 5.11. The van der Waals surface area contributed by atoms with Gasteiger partial charge >= 0.3 is 5.97 Å². The highest BCUT2D eigenvalue weighted by molar-refractivity contribution is 5.94. The average Bonchev–Trinajstić information content (AvgIpc) is 3.71. The minimum Gasteiger partial charge on any atom is -0.508 e. The Labute approximate surface area is 265 Å². The lowest BCUT2D eigenvalue weighted by atomic mass is 10.0. The van der Waals surface area contributed by atoms with Gasteiger partial charge in [0.25, 0.3) is 0 Å². The zero-order valence-corrected chi connectivity index (χ0v) is 25.2. The number of aromatic hydroxyl groups is 1. The van der Waals surface area contributed by atoms with Crippen LogP contribution in [-0.2, 0) is 38.4 Å². The Hall–Kier alpha value is -5.21. The fraction of sp³-hybridized carbons (Fsp3) is 0.344. The summed E-state index contributed by atoms with van der Waals surface area (Å²) in [5.74, 6) is -3.15. The Morgan fingerprint density at radius 1 is 0.826 bits per heavy atom. The molecule has 0 aliphatic rings. The van der Waals surface area contributed by atoms with Crippen molar-refractivity contribution in [3.63, 3.8) is 0 Å². The first-order chi connectivity index (χ1) is 22.1. The van der Waals surface area contributed by atoms with Gasteiger partial charge in [-0.15, -0.1) is 0 Å². The smallest absolute Gasteiger partial charge is 0.326 e. The summed E-state index contributed by atoms with van der Waals surface area (Å²) >= 11 is 0. The Balaban J connectivity index is 1.52. The highest BCUT2D eigenvalue weighted by atomic mass is 16.4. The van der Waals surface area contributed by atoms with Crippen molar-refractivity contribution in [3.8, 4) is 5.75 Å². The van der Waals surface area contributed by atoms with E-state index in [2.05, 4.69) is 30.9 Å². The van der Waals surface area contributed by atoms with Crippen LogP contribution in [0.15, 0.2) is 67.3 Å². The molecule has 46 heavy (non-hydrogen) atoms. The van der Waals surface area contributed by atoms with Crippen molar-refractivity contribution in [2.45, 2.75) is 62.7 Å². The monoisotopic (exact) mass is 632 g/mol. The third-order valence-corrected chi connectivity index (χ3v) is 7.63. The number of aromatic amines is 2. The molecule has 0 aliphatic heterocycles. The summed E-state index contributed by atoms with van der Waals surface area (Å²) in [4.78, 5) is 62.4. The van der Waals surface area contributed by atoms with Crippen molar-refractivity contribution >= 4 is 34.6 Å². The van der Waals surface area contributed by atoms with Crippen LogP contribution in [0.3, 0.4) is 0 Å². The molecule has 0 saturated heterocycles. The molecule has 4 rings (SSSR count). The van der Waals surface area contributed by atoms with Gasteiger partial charge in [0.1, 0.15) is 23.9 Å². The number of hydrogen-bond acceptors (Lipinski definition) is 8. The standard InChI is InChI=1S/C32H40N8O6/c33-12-4-3-7-26(32(45)46)38-31(44)28(15-21-17-35-18-37-21)40-30(43)27(13-19-8-10-22(41)11-9-19)39-29(42)24(34)14-20-16-36-25-6-2-1-5-23(20)25/h1-2,5-6,8-11,16-18,24,26-28,36,41H,3-4,7,12-15,33-34H2,(H,35,37)(H,38,44)(H,39,42)(H,40,43)(H,45,46). The normalized spacial score (nSPS) is 13.8. The van der Waals surface area contributed by atoms with E-state index >= 15 is 0 Å². The first kappa shape index (κ1) is 33.7. The third-order valence-electron chi connectivity index (χ3n) is 7.63. The number of carboxylic acids is 1. The summed E-state index contributed by atoms with van der Waals surface area (Å²) in [6.45, 7) is 0.387. The van der Waals surface area contributed by atoms with Crippen LogP contribution in [0.4, 0.5) is 0 Å². The van der Waals surface area contributed by atoms with Gasteiger partial charge in [-0.25, -0.2) is 9.78 Å². The van der Waals surface area contributed by atoms with Gasteiger partial charge in [-0.1, -0.05) is 30.3 Å². The third kappa shape index (κ3) is 9.39. The zero-order valence-electron chi connectivity index (χ0n) is 25.2.